The molecule has 0 unspecified atom stereocenters. The first-order chi connectivity index (χ1) is 15.8. The molecule has 204 valence electrons. The van der Waals surface area contributed by atoms with Crippen LogP contribution in [0, 0.1) is 0 Å². The molecule has 0 amide bonds. The first kappa shape index (κ1) is 37.5. The highest BCUT2D eigenvalue weighted by Crippen LogP contribution is 2.13. The van der Waals surface area contributed by atoms with Crippen molar-refractivity contribution >= 4 is 0 Å². The van der Waals surface area contributed by atoms with Crippen LogP contribution in [0.25, 0.3) is 0 Å². The molecule has 0 fully saturated rings. The van der Waals surface area contributed by atoms with Crippen LogP contribution in [0.3, 0.4) is 0 Å². The van der Waals surface area contributed by atoms with Crippen molar-refractivity contribution in [3.8, 4) is 0 Å². The van der Waals surface area contributed by atoms with E-state index >= 15 is 0 Å². The fourth-order valence-electron chi connectivity index (χ4n) is 4.54. The van der Waals surface area contributed by atoms with Crippen LogP contribution in [0.2, 0.25) is 0 Å². The normalized spacial score (nSPS) is 10.5. The van der Waals surface area contributed by atoms with Crippen molar-refractivity contribution in [3.63, 3.8) is 0 Å². The summed E-state index contributed by atoms with van der Waals surface area (Å²) in [5, 5.41) is 0. The highest BCUT2D eigenvalue weighted by molar-refractivity contribution is 4.49. The Morgan fingerprint density at radius 1 is 0.182 bits per heavy atom. The van der Waals surface area contributed by atoms with Crippen LogP contribution >= 0.6 is 0 Å². The Kier molecular flexibility index (Phi) is 44.6. The van der Waals surface area contributed by atoms with E-state index in [0.29, 0.717) is 0 Å². The van der Waals surface area contributed by atoms with Gasteiger partial charge in [-0.3, -0.25) is 0 Å². The molecule has 0 heterocycles. The Morgan fingerprint density at radius 2 is 0.273 bits per heavy atom. The van der Waals surface area contributed by atoms with Crippen LogP contribution in [0.1, 0.15) is 215 Å². The van der Waals surface area contributed by atoms with Crippen LogP contribution in [-0.2, 0) is 0 Å². The zero-order valence-electron chi connectivity index (χ0n) is 23.8. The minimum atomic E-state index is 0. The van der Waals surface area contributed by atoms with Gasteiger partial charge in [-0.2, -0.15) is 0 Å². The van der Waals surface area contributed by atoms with Gasteiger partial charge in [-0.1, -0.05) is 215 Å². The van der Waals surface area contributed by atoms with Gasteiger partial charge >= 0.3 is 0 Å². The van der Waals surface area contributed by atoms with Crippen molar-refractivity contribution < 1.29 is 0 Å². The maximum Gasteiger partial charge on any atom is -0.0533 e. The SMILES string of the molecule is C.CCCCCCCCCCCCCCCC.CCCCCCCCCCCCCCCC. The summed E-state index contributed by atoms with van der Waals surface area (Å²) in [7, 11) is 0. The van der Waals surface area contributed by atoms with E-state index in [1.807, 2.05) is 0 Å². The molecule has 0 aromatic rings. The van der Waals surface area contributed by atoms with Gasteiger partial charge in [0.25, 0.3) is 0 Å². The smallest absolute Gasteiger partial charge is 0.0533 e. The lowest BCUT2D eigenvalue weighted by atomic mass is 10.0. The van der Waals surface area contributed by atoms with Crippen molar-refractivity contribution in [1.29, 1.82) is 0 Å². The van der Waals surface area contributed by atoms with Crippen molar-refractivity contribution in [3.05, 3.63) is 0 Å². The van der Waals surface area contributed by atoms with E-state index in [4.69, 9.17) is 0 Å². The number of rotatable bonds is 26. The number of hydrogen-bond acceptors (Lipinski definition) is 0. The Bertz CT molecular complexity index is 213. The van der Waals surface area contributed by atoms with Crippen LogP contribution in [-0.4, -0.2) is 0 Å². The molecular weight excluding hydrogens is 396 g/mol. The van der Waals surface area contributed by atoms with Gasteiger partial charge in [0.2, 0.25) is 0 Å². The molecule has 0 atom stereocenters. The second kappa shape index (κ2) is 39.2. The van der Waals surface area contributed by atoms with Gasteiger partial charge in [-0.15, -0.1) is 0 Å². The van der Waals surface area contributed by atoms with Gasteiger partial charge in [0.1, 0.15) is 0 Å². The largest absolute Gasteiger partial charge is 0.0776 e. The van der Waals surface area contributed by atoms with Crippen LogP contribution < -0.4 is 0 Å². The second-order valence-electron chi connectivity index (χ2n) is 10.5. The number of hydrogen-bond donors (Lipinski definition) is 0. The summed E-state index contributed by atoms with van der Waals surface area (Å²) in [5.74, 6) is 0. The lowest BCUT2D eigenvalue weighted by Crippen LogP contribution is -1.82. The molecule has 0 heteroatoms. The molecule has 0 aromatic carbocycles. The molecular formula is C33H72. The molecule has 0 bridgehead atoms. The maximum atomic E-state index is 2.29. The first-order valence-electron chi connectivity index (χ1n) is 15.8. The number of unbranched alkanes of at least 4 members (excludes halogenated alkanes) is 26. The third kappa shape index (κ3) is 42.6. The van der Waals surface area contributed by atoms with Crippen molar-refractivity contribution in [1.82, 2.24) is 0 Å². The zero-order valence-corrected chi connectivity index (χ0v) is 23.8. The molecule has 33 heavy (non-hydrogen) atoms. The van der Waals surface area contributed by atoms with Gasteiger partial charge in [0.05, 0.1) is 0 Å². The highest BCUT2D eigenvalue weighted by Gasteiger charge is 1.94. The molecule has 0 saturated heterocycles. The van der Waals surface area contributed by atoms with E-state index in [-0.39, 0.29) is 7.43 Å². The summed E-state index contributed by atoms with van der Waals surface area (Å²) < 4.78 is 0. The molecule has 0 aromatic heterocycles. The van der Waals surface area contributed by atoms with Crippen LogP contribution in [0.5, 0.6) is 0 Å². The summed E-state index contributed by atoms with van der Waals surface area (Å²) in [6, 6.07) is 0. The molecule has 0 rings (SSSR count). The molecule has 0 aliphatic heterocycles. The maximum absolute atomic E-state index is 2.29. The zero-order chi connectivity index (χ0) is 23.8. The molecule has 0 aliphatic rings. The summed E-state index contributed by atoms with van der Waals surface area (Å²) in [6.07, 6.45) is 40.8. The molecule has 0 spiro atoms. The highest BCUT2D eigenvalue weighted by atomic mass is 14.0. The molecule has 0 radical (unpaired) electrons. The van der Waals surface area contributed by atoms with Gasteiger partial charge < -0.3 is 0 Å². The van der Waals surface area contributed by atoms with E-state index in [0.717, 1.165) is 0 Å². The van der Waals surface area contributed by atoms with Crippen molar-refractivity contribution in [2.45, 2.75) is 215 Å². The Labute approximate surface area is 214 Å². The Morgan fingerprint density at radius 3 is 0.364 bits per heavy atom. The minimum absolute atomic E-state index is 0. The minimum Gasteiger partial charge on any atom is -0.0776 e. The molecule has 0 aliphatic carbocycles. The van der Waals surface area contributed by atoms with Crippen LogP contribution in [0.15, 0.2) is 0 Å². The Hall–Kier alpha value is 0. The van der Waals surface area contributed by atoms with E-state index in [9.17, 15) is 0 Å². The fourth-order valence-corrected chi connectivity index (χ4v) is 4.54. The average Bonchev–Trinajstić information content (AvgIpc) is 2.81. The Balaban J connectivity index is -0.000000529. The predicted molar refractivity (Wildman–Crippen MR) is 159 cm³/mol. The first-order valence-corrected chi connectivity index (χ1v) is 15.8. The summed E-state index contributed by atoms with van der Waals surface area (Å²) in [4.78, 5) is 0. The van der Waals surface area contributed by atoms with Crippen molar-refractivity contribution in [2.24, 2.45) is 0 Å². The molecule has 0 N–H and O–H groups in total. The van der Waals surface area contributed by atoms with E-state index in [1.54, 1.807) is 0 Å². The fraction of sp³-hybridized carbons (Fsp3) is 1.00. The van der Waals surface area contributed by atoms with Gasteiger partial charge in [0.15, 0.2) is 0 Å². The summed E-state index contributed by atoms with van der Waals surface area (Å²) in [6.45, 7) is 9.16. The third-order valence-electron chi connectivity index (χ3n) is 6.91. The quantitative estimate of drug-likeness (QED) is 0.111. The lowest BCUT2D eigenvalue weighted by Gasteiger charge is -2.02. The third-order valence-corrected chi connectivity index (χ3v) is 6.91. The van der Waals surface area contributed by atoms with E-state index in [2.05, 4.69) is 27.7 Å². The average molecular weight is 469 g/mol. The second-order valence-corrected chi connectivity index (χ2v) is 10.5. The van der Waals surface area contributed by atoms with Gasteiger partial charge in [-0.25, -0.2) is 0 Å². The molecule has 0 nitrogen and oxygen atoms in total. The summed E-state index contributed by atoms with van der Waals surface area (Å²) >= 11 is 0. The van der Waals surface area contributed by atoms with Crippen molar-refractivity contribution in [2.75, 3.05) is 0 Å². The van der Waals surface area contributed by atoms with Crippen LogP contribution in [0.4, 0.5) is 0 Å². The van der Waals surface area contributed by atoms with Gasteiger partial charge in [-0.05, 0) is 0 Å². The standard InChI is InChI=1S/2C16H34.CH4/c2*1-3-5-7-9-11-13-15-16-14-12-10-8-6-4-2;/h2*3-16H2,1-2H3;1H4. The lowest BCUT2D eigenvalue weighted by molar-refractivity contribution is 0.538. The van der Waals surface area contributed by atoms with Gasteiger partial charge in [0, 0.05) is 0 Å². The monoisotopic (exact) mass is 469 g/mol. The topological polar surface area (TPSA) is 0 Å². The van der Waals surface area contributed by atoms with E-state index in [1.165, 1.54) is 180 Å². The molecule has 0 saturated carbocycles. The van der Waals surface area contributed by atoms with E-state index < -0.39 is 0 Å². The predicted octanol–water partition coefficient (Wildman–Crippen LogP) is 13.6. The summed E-state index contributed by atoms with van der Waals surface area (Å²) in [5.41, 5.74) is 0.